The van der Waals surface area contributed by atoms with E-state index in [9.17, 15) is 14.7 Å². The molecule has 0 saturated heterocycles. The number of nitrogens with one attached hydrogen (secondary N) is 2. The van der Waals surface area contributed by atoms with Crippen LogP contribution in [0, 0.1) is 29.1 Å². The first-order valence-electron chi connectivity index (χ1n) is 12.5. The Kier molecular flexibility index (Phi) is 7.77. The average Bonchev–Trinajstić information content (AvgIpc) is 2.85. The van der Waals surface area contributed by atoms with Gasteiger partial charge in [0.2, 0.25) is 5.91 Å². The summed E-state index contributed by atoms with van der Waals surface area (Å²) in [6.07, 6.45) is 7.34. The van der Waals surface area contributed by atoms with Crippen LogP contribution in [-0.4, -0.2) is 39.0 Å². The van der Waals surface area contributed by atoms with Gasteiger partial charge in [-0.15, -0.1) is 0 Å². The lowest BCUT2D eigenvalue weighted by Gasteiger charge is -2.56. The highest BCUT2D eigenvalue weighted by molar-refractivity contribution is 6.31. The van der Waals surface area contributed by atoms with Crippen molar-refractivity contribution in [3.63, 3.8) is 0 Å². The van der Waals surface area contributed by atoms with E-state index in [4.69, 9.17) is 11.6 Å². The van der Waals surface area contributed by atoms with Gasteiger partial charge < -0.3 is 15.7 Å². The highest BCUT2D eigenvalue weighted by Crippen LogP contribution is 2.55. The van der Waals surface area contributed by atoms with Crippen molar-refractivity contribution < 1.29 is 14.7 Å². The van der Waals surface area contributed by atoms with Gasteiger partial charge in [0.05, 0.1) is 11.7 Å². The molecule has 7 nitrogen and oxygen atoms in total. The van der Waals surface area contributed by atoms with E-state index in [0.29, 0.717) is 17.1 Å². The zero-order valence-corrected chi connectivity index (χ0v) is 21.3. The molecule has 2 saturated carbocycles. The molecule has 35 heavy (non-hydrogen) atoms. The fraction of sp³-hybridized carbons (Fsp3) is 0.556. The van der Waals surface area contributed by atoms with Gasteiger partial charge in [0.15, 0.2) is 0 Å². The molecule has 0 bridgehead atoms. The molecule has 0 aliphatic heterocycles. The van der Waals surface area contributed by atoms with Crippen LogP contribution in [0.4, 0.5) is 0 Å². The summed E-state index contributed by atoms with van der Waals surface area (Å²) in [5.74, 6) is -0.681. The van der Waals surface area contributed by atoms with Crippen molar-refractivity contribution in [3.8, 4) is 0 Å². The number of rotatable bonds is 6. The maximum atomic E-state index is 13.0. The predicted octanol–water partition coefficient (Wildman–Crippen LogP) is 4.00. The molecule has 8 heteroatoms. The number of nitrogens with zero attached hydrogens (tertiary/aromatic N) is 2. The number of halogens is 1. The highest BCUT2D eigenvalue weighted by atomic mass is 35.5. The van der Waals surface area contributed by atoms with Crippen molar-refractivity contribution in [2.75, 3.05) is 0 Å². The molecule has 7 unspecified atom stereocenters. The summed E-state index contributed by atoms with van der Waals surface area (Å²) >= 11 is 6.23. The summed E-state index contributed by atoms with van der Waals surface area (Å²) in [4.78, 5) is 33.6. The second-order valence-corrected chi connectivity index (χ2v) is 11.0. The number of amides is 2. The first-order chi connectivity index (χ1) is 16.7. The van der Waals surface area contributed by atoms with E-state index in [0.717, 1.165) is 31.2 Å². The molecular formula is C27H35ClN4O3. The number of carbonyl (C=O) groups is 2. The Balaban J connectivity index is 1.43. The number of hydrogen-bond donors (Lipinski definition) is 3. The minimum absolute atomic E-state index is 0.00820. The van der Waals surface area contributed by atoms with Gasteiger partial charge in [-0.2, -0.15) is 0 Å². The van der Waals surface area contributed by atoms with Gasteiger partial charge in [0.25, 0.3) is 5.91 Å². The van der Waals surface area contributed by atoms with Crippen molar-refractivity contribution in [1.82, 2.24) is 20.6 Å². The number of aliphatic hydroxyl groups excluding tert-OH is 1. The topological polar surface area (TPSA) is 104 Å². The van der Waals surface area contributed by atoms with Crippen LogP contribution < -0.4 is 10.6 Å². The molecule has 2 amide bonds. The molecule has 0 radical (unpaired) electrons. The van der Waals surface area contributed by atoms with Crippen LogP contribution in [0.15, 0.2) is 43.0 Å². The number of aliphatic hydroxyl groups is 1. The molecule has 2 aliphatic carbocycles. The van der Waals surface area contributed by atoms with Gasteiger partial charge in [0.1, 0.15) is 6.33 Å². The van der Waals surface area contributed by atoms with Crippen LogP contribution in [0.1, 0.15) is 62.4 Å². The Morgan fingerprint density at radius 3 is 2.60 bits per heavy atom. The van der Waals surface area contributed by atoms with Crippen molar-refractivity contribution in [2.45, 2.75) is 65.1 Å². The Labute approximate surface area is 212 Å². The van der Waals surface area contributed by atoms with Gasteiger partial charge in [-0.1, -0.05) is 50.6 Å². The third kappa shape index (κ3) is 5.36. The Morgan fingerprint density at radius 1 is 1.20 bits per heavy atom. The number of fused-ring (bicyclic) bond motifs is 1. The fourth-order valence-electron chi connectivity index (χ4n) is 6.35. The van der Waals surface area contributed by atoms with Crippen LogP contribution in [-0.2, 0) is 11.3 Å². The molecule has 1 aromatic carbocycles. The minimum Gasteiger partial charge on any atom is -0.392 e. The molecule has 4 rings (SSSR count). The van der Waals surface area contributed by atoms with Gasteiger partial charge in [-0.25, -0.2) is 9.97 Å². The number of benzene rings is 1. The summed E-state index contributed by atoms with van der Waals surface area (Å²) in [7, 11) is 0. The van der Waals surface area contributed by atoms with Crippen molar-refractivity contribution in [3.05, 3.63) is 59.1 Å². The lowest BCUT2D eigenvalue weighted by molar-refractivity contribution is -0.142. The average molecular weight is 499 g/mol. The smallest absolute Gasteiger partial charge is 0.254 e. The fourth-order valence-corrected chi connectivity index (χ4v) is 6.55. The van der Waals surface area contributed by atoms with E-state index < -0.39 is 6.10 Å². The molecule has 2 aromatic rings. The first-order valence-corrected chi connectivity index (χ1v) is 12.8. The minimum atomic E-state index is -0.621. The third-order valence-electron chi connectivity index (χ3n) is 8.49. The van der Waals surface area contributed by atoms with Gasteiger partial charge in [-0.3, -0.25) is 9.59 Å². The van der Waals surface area contributed by atoms with Crippen LogP contribution in [0.3, 0.4) is 0 Å². The van der Waals surface area contributed by atoms with E-state index in [2.05, 4.69) is 34.4 Å². The van der Waals surface area contributed by atoms with E-state index in [-0.39, 0.29) is 46.9 Å². The Hall–Kier alpha value is -2.51. The summed E-state index contributed by atoms with van der Waals surface area (Å²) in [6.45, 7) is 6.63. The van der Waals surface area contributed by atoms with Gasteiger partial charge >= 0.3 is 0 Å². The Bertz CT molecular complexity index is 1050. The maximum Gasteiger partial charge on any atom is 0.254 e. The molecule has 188 valence electrons. The normalized spacial score (nSPS) is 31.2. The standard InChI is InChI=1S/C27H35ClN4O3/c1-16(25(34)31-14-18-6-4-5-7-21(18)28)20-8-10-27(3)11-9-22(17(2)23(27)24(20)33)32-26(35)19-12-29-15-30-13-19/h4-7,12-13,15-17,20,22-24,33H,8-11,14H2,1-3H3,(H,31,34)(H,32,35). The van der Waals surface area contributed by atoms with Crippen molar-refractivity contribution in [1.29, 1.82) is 0 Å². The first kappa shape index (κ1) is 25.6. The second-order valence-electron chi connectivity index (χ2n) is 10.6. The highest BCUT2D eigenvalue weighted by Gasteiger charge is 2.53. The Morgan fingerprint density at radius 2 is 1.89 bits per heavy atom. The summed E-state index contributed by atoms with van der Waals surface area (Å²) in [5.41, 5.74) is 1.29. The lowest BCUT2D eigenvalue weighted by Crippen LogP contribution is -2.58. The van der Waals surface area contributed by atoms with Crippen molar-refractivity contribution in [2.24, 2.45) is 29.1 Å². The molecule has 2 fully saturated rings. The SMILES string of the molecule is CC(C(=O)NCc1ccccc1Cl)C1CCC2(C)CCC(NC(=O)c3cncnc3)C(C)C2C1O. The molecule has 7 atom stereocenters. The number of aromatic nitrogens is 2. The number of carbonyl (C=O) groups excluding carboxylic acids is 2. The molecule has 1 heterocycles. The van der Waals surface area contributed by atoms with Gasteiger partial charge in [0, 0.05) is 35.9 Å². The maximum absolute atomic E-state index is 13.0. The monoisotopic (exact) mass is 498 g/mol. The zero-order valence-electron chi connectivity index (χ0n) is 20.6. The summed E-state index contributed by atoms with van der Waals surface area (Å²) < 4.78 is 0. The molecule has 3 N–H and O–H groups in total. The van der Waals surface area contributed by atoms with E-state index in [1.54, 1.807) is 0 Å². The van der Waals surface area contributed by atoms with Crippen LogP contribution in [0.2, 0.25) is 5.02 Å². The molecular weight excluding hydrogens is 464 g/mol. The summed E-state index contributed by atoms with van der Waals surface area (Å²) in [5, 5.41) is 18.4. The van der Waals surface area contributed by atoms with Crippen molar-refractivity contribution >= 4 is 23.4 Å². The van der Waals surface area contributed by atoms with E-state index in [1.165, 1.54) is 18.7 Å². The third-order valence-corrected chi connectivity index (χ3v) is 8.86. The second kappa shape index (κ2) is 10.6. The number of hydrogen-bond acceptors (Lipinski definition) is 5. The predicted molar refractivity (Wildman–Crippen MR) is 134 cm³/mol. The van der Waals surface area contributed by atoms with Crippen LogP contribution in [0.5, 0.6) is 0 Å². The van der Waals surface area contributed by atoms with Gasteiger partial charge in [-0.05, 0) is 60.5 Å². The van der Waals surface area contributed by atoms with E-state index >= 15 is 0 Å². The quantitative estimate of drug-likeness (QED) is 0.558. The molecule has 1 aromatic heterocycles. The molecule has 0 spiro atoms. The lowest BCUT2D eigenvalue weighted by atomic mass is 9.51. The van der Waals surface area contributed by atoms with E-state index in [1.807, 2.05) is 31.2 Å². The van der Waals surface area contributed by atoms with Crippen LogP contribution in [0.25, 0.3) is 0 Å². The largest absolute Gasteiger partial charge is 0.392 e. The van der Waals surface area contributed by atoms with Crippen LogP contribution >= 0.6 is 11.6 Å². The molecule has 2 aliphatic rings. The summed E-state index contributed by atoms with van der Waals surface area (Å²) in [6, 6.07) is 7.41. The zero-order chi connectivity index (χ0) is 25.2.